The van der Waals surface area contributed by atoms with E-state index in [0.717, 1.165) is 18.0 Å². The molecule has 0 saturated carbocycles. The van der Waals surface area contributed by atoms with Crippen LogP contribution in [-0.2, 0) is 13.0 Å². The molecule has 0 atom stereocenters. The number of aromatic nitrogens is 1. The van der Waals surface area contributed by atoms with Crippen molar-refractivity contribution in [2.75, 3.05) is 0 Å². The molecule has 0 radical (unpaired) electrons. The lowest BCUT2D eigenvalue weighted by molar-refractivity contribution is 0.587. The molecule has 2 rings (SSSR count). The Hall–Kier alpha value is -1.38. The summed E-state index contributed by atoms with van der Waals surface area (Å²) in [6, 6.07) is 10.6. The van der Waals surface area contributed by atoms with Gasteiger partial charge < -0.3 is 5.32 Å². The molecule has 1 aromatic heterocycles. The number of hydrogen-bond donors (Lipinski definition) is 1. The average molecular weight is 275 g/mol. The van der Waals surface area contributed by atoms with E-state index < -0.39 is 0 Å². The number of halogens is 1. The van der Waals surface area contributed by atoms with Crippen molar-refractivity contribution in [1.29, 1.82) is 0 Å². The highest BCUT2D eigenvalue weighted by atomic mass is 35.5. The maximum Gasteiger partial charge on any atom is 0.0409 e. The fraction of sp³-hybridized carbons (Fsp3) is 0.312. The standard InChI is InChI=1S/C16H19ClN2/c1-12(2)19-11-15-9-16(17)6-5-14(15)8-13-4-3-7-18-10-13/h3-7,9-10,12,19H,8,11H2,1-2H3. The maximum absolute atomic E-state index is 6.09. The number of pyridine rings is 1. The smallest absolute Gasteiger partial charge is 0.0409 e. The molecule has 0 unspecified atom stereocenters. The highest BCUT2D eigenvalue weighted by Gasteiger charge is 2.05. The van der Waals surface area contributed by atoms with Crippen LogP contribution in [0, 0.1) is 0 Å². The fourth-order valence-corrected chi connectivity index (χ4v) is 2.16. The molecule has 19 heavy (non-hydrogen) atoms. The zero-order valence-electron chi connectivity index (χ0n) is 11.4. The van der Waals surface area contributed by atoms with Crippen LogP contribution in [0.4, 0.5) is 0 Å². The molecule has 1 heterocycles. The summed E-state index contributed by atoms with van der Waals surface area (Å²) in [7, 11) is 0. The Kier molecular flexibility index (Phi) is 4.94. The summed E-state index contributed by atoms with van der Waals surface area (Å²) in [4.78, 5) is 4.16. The molecular weight excluding hydrogens is 256 g/mol. The summed E-state index contributed by atoms with van der Waals surface area (Å²) >= 11 is 6.09. The van der Waals surface area contributed by atoms with Gasteiger partial charge in [0, 0.05) is 30.0 Å². The minimum atomic E-state index is 0.463. The van der Waals surface area contributed by atoms with Crippen LogP contribution in [0.2, 0.25) is 5.02 Å². The Balaban J connectivity index is 2.19. The van der Waals surface area contributed by atoms with Gasteiger partial charge in [-0.15, -0.1) is 0 Å². The van der Waals surface area contributed by atoms with Gasteiger partial charge in [-0.3, -0.25) is 4.98 Å². The highest BCUT2D eigenvalue weighted by molar-refractivity contribution is 6.30. The summed E-state index contributed by atoms with van der Waals surface area (Å²) in [5.74, 6) is 0. The average Bonchev–Trinajstić information content (AvgIpc) is 2.40. The van der Waals surface area contributed by atoms with E-state index >= 15 is 0 Å². The van der Waals surface area contributed by atoms with E-state index in [1.54, 1.807) is 6.20 Å². The summed E-state index contributed by atoms with van der Waals surface area (Å²) in [5, 5.41) is 4.23. The van der Waals surface area contributed by atoms with Crippen LogP contribution in [-0.4, -0.2) is 11.0 Å². The van der Waals surface area contributed by atoms with Gasteiger partial charge in [-0.05, 0) is 41.3 Å². The van der Waals surface area contributed by atoms with Gasteiger partial charge in [0.25, 0.3) is 0 Å². The third kappa shape index (κ3) is 4.34. The lowest BCUT2D eigenvalue weighted by Gasteiger charge is -2.13. The van der Waals surface area contributed by atoms with E-state index in [1.165, 1.54) is 16.7 Å². The minimum Gasteiger partial charge on any atom is -0.310 e. The van der Waals surface area contributed by atoms with E-state index in [9.17, 15) is 0 Å². The van der Waals surface area contributed by atoms with E-state index in [-0.39, 0.29) is 0 Å². The van der Waals surface area contributed by atoms with Crippen molar-refractivity contribution in [1.82, 2.24) is 10.3 Å². The molecule has 2 nitrogen and oxygen atoms in total. The quantitative estimate of drug-likeness (QED) is 0.896. The molecule has 0 aliphatic rings. The molecule has 0 saturated heterocycles. The normalized spacial score (nSPS) is 10.9. The molecule has 0 aliphatic heterocycles. The Morgan fingerprint density at radius 3 is 2.74 bits per heavy atom. The molecule has 1 N–H and O–H groups in total. The monoisotopic (exact) mass is 274 g/mol. The molecule has 0 amide bonds. The van der Waals surface area contributed by atoms with E-state index in [2.05, 4.69) is 36.3 Å². The topological polar surface area (TPSA) is 24.9 Å². The van der Waals surface area contributed by atoms with Crippen molar-refractivity contribution in [3.05, 3.63) is 64.4 Å². The lowest BCUT2D eigenvalue weighted by atomic mass is 10.0. The van der Waals surface area contributed by atoms with Gasteiger partial charge in [0.15, 0.2) is 0 Å². The Bertz CT molecular complexity index is 524. The summed E-state index contributed by atoms with van der Waals surface area (Å²) in [6.45, 7) is 5.13. The summed E-state index contributed by atoms with van der Waals surface area (Å²) in [6.07, 6.45) is 4.60. The first-order valence-electron chi connectivity index (χ1n) is 6.55. The Labute approximate surface area is 119 Å². The van der Waals surface area contributed by atoms with Gasteiger partial charge in [-0.2, -0.15) is 0 Å². The predicted molar refractivity (Wildman–Crippen MR) is 80.5 cm³/mol. The molecule has 1 aromatic carbocycles. The second-order valence-corrected chi connectivity index (χ2v) is 5.42. The van der Waals surface area contributed by atoms with Crippen molar-refractivity contribution in [3.63, 3.8) is 0 Å². The Morgan fingerprint density at radius 2 is 2.05 bits per heavy atom. The molecule has 0 spiro atoms. The number of benzene rings is 1. The van der Waals surface area contributed by atoms with Crippen molar-refractivity contribution < 1.29 is 0 Å². The number of hydrogen-bond acceptors (Lipinski definition) is 2. The van der Waals surface area contributed by atoms with Crippen LogP contribution < -0.4 is 5.32 Å². The van der Waals surface area contributed by atoms with Crippen molar-refractivity contribution >= 4 is 11.6 Å². The van der Waals surface area contributed by atoms with Crippen molar-refractivity contribution in [3.8, 4) is 0 Å². The summed E-state index contributed by atoms with van der Waals surface area (Å²) < 4.78 is 0. The lowest BCUT2D eigenvalue weighted by Crippen LogP contribution is -2.22. The molecule has 100 valence electrons. The molecule has 0 fully saturated rings. The van der Waals surface area contributed by atoms with Gasteiger partial charge >= 0.3 is 0 Å². The van der Waals surface area contributed by atoms with Gasteiger partial charge in [0.2, 0.25) is 0 Å². The zero-order chi connectivity index (χ0) is 13.7. The van der Waals surface area contributed by atoms with E-state index in [4.69, 9.17) is 11.6 Å². The third-order valence-electron chi connectivity index (χ3n) is 2.99. The van der Waals surface area contributed by atoms with Gasteiger partial charge in [-0.25, -0.2) is 0 Å². The Morgan fingerprint density at radius 1 is 1.21 bits per heavy atom. The number of nitrogens with one attached hydrogen (secondary N) is 1. The van der Waals surface area contributed by atoms with Gasteiger partial charge in [-0.1, -0.05) is 37.6 Å². The van der Waals surface area contributed by atoms with E-state index in [0.29, 0.717) is 6.04 Å². The van der Waals surface area contributed by atoms with Gasteiger partial charge in [0.1, 0.15) is 0 Å². The summed E-state index contributed by atoms with van der Waals surface area (Å²) in [5.41, 5.74) is 3.77. The number of rotatable bonds is 5. The maximum atomic E-state index is 6.09. The van der Waals surface area contributed by atoms with Crippen LogP contribution in [0.3, 0.4) is 0 Å². The zero-order valence-corrected chi connectivity index (χ0v) is 12.1. The van der Waals surface area contributed by atoms with Gasteiger partial charge in [0.05, 0.1) is 0 Å². The second-order valence-electron chi connectivity index (χ2n) is 4.99. The van der Waals surface area contributed by atoms with Crippen LogP contribution >= 0.6 is 11.6 Å². The number of nitrogens with zero attached hydrogens (tertiary/aromatic N) is 1. The first-order chi connectivity index (χ1) is 9.15. The van der Waals surface area contributed by atoms with E-state index in [1.807, 2.05) is 24.4 Å². The van der Waals surface area contributed by atoms with Crippen LogP contribution in [0.1, 0.15) is 30.5 Å². The molecular formula is C16H19ClN2. The van der Waals surface area contributed by atoms with Crippen molar-refractivity contribution in [2.45, 2.75) is 32.9 Å². The highest BCUT2D eigenvalue weighted by Crippen LogP contribution is 2.19. The molecule has 3 heteroatoms. The molecule has 0 aliphatic carbocycles. The van der Waals surface area contributed by atoms with Crippen LogP contribution in [0.25, 0.3) is 0 Å². The predicted octanol–water partition coefficient (Wildman–Crippen LogP) is 3.82. The largest absolute Gasteiger partial charge is 0.310 e. The third-order valence-corrected chi connectivity index (χ3v) is 3.22. The first kappa shape index (κ1) is 14.0. The van der Waals surface area contributed by atoms with Crippen molar-refractivity contribution in [2.24, 2.45) is 0 Å². The minimum absolute atomic E-state index is 0.463. The fourth-order valence-electron chi connectivity index (χ4n) is 1.97. The van der Waals surface area contributed by atoms with Crippen LogP contribution in [0.15, 0.2) is 42.7 Å². The molecule has 2 aromatic rings. The second kappa shape index (κ2) is 6.69. The van der Waals surface area contributed by atoms with Crippen LogP contribution in [0.5, 0.6) is 0 Å². The molecule has 0 bridgehead atoms. The first-order valence-corrected chi connectivity index (χ1v) is 6.92. The SMILES string of the molecule is CC(C)NCc1cc(Cl)ccc1Cc1cccnc1.